The van der Waals surface area contributed by atoms with Crippen molar-refractivity contribution in [3.63, 3.8) is 0 Å². The minimum absolute atomic E-state index is 0.180. The Bertz CT molecular complexity index is 427. The van der Waals surface area contributed by atoms with Crippen molar-refractivity contribution < 1.29 is 9.53 Å². The van der Waals surface area contributed by atoms with Crippen LogP contribution in [0.1, 0.15) is 45.6 Å². The molecule has 1 aromatic rings. The fourth-order valence-corrected chi connectivity index (χ4v) is 2.41. The van der Waals surface area contributed by atoms with E-state index in [2.05, 4.69) is 26.1 Å². The number of hydrogen-bond acceptors (Lipinski definition) is 3. The molecule has 0 aliphatic heterocycles. The highest BCUT2D eigenvalue weighted by Crippen LogP contribution is 2.29. The van der Waals surface area contributed by atoms with Gasteiger partial charge < -0.3 is 10.1 Å². The van der Waals surface area contributed by atoms with E-state index in [-0.39, 0.29) is 5.97 Å². The zero-order chi connectivity index (χ0) is 15.2. The summed E-state index contributed by atoms with van der Waals surface area (Å²) in [7, 11) is 1.46. The van der Waals surface area contributed by atoms with Crippen LogP contribution in [0, 0.1) is 12.8 Å². The third-order valence-electron chi connectivity index (χ3n) is 4.01. The molecule has 112 valence electrons. The molecule has 1 N–H and O–H groups in total. The van der Waals surface area contributed by atoms with Gasteiger partial charge in [0.15, 0.2) is 0 Å². The number of anilines is 1. The molecule has 3 heteroatoms. The lowest BCUT2D eigenvalue weighted by molar-refractivity contribution is -0.146. The molecule has 20 heavy (non-hydrogen) atoms. The smallest absolute Gasteiger partial charge is 0.331 e. The topological polar surface area (TPSA) is 38.3 Å². The second-order valence-corrected chi connectivity index (χ2v) is 5.64. The molecular weight excluding hydrogens is 250 g/mol. The van der Waals surface area contributed by atoms with Crippen LogP contribution in [0.25, 0.3) is 0 Å². The standard InChI is InChI=1S/C17H27NO2/c1-6-13(3)12-17(7-2,16(19)20-5)18-15-10-8-14(4)9-11-15/h8-11,13,18H,6-7,12H2,1-5H3. The Morgan fingerprint density at radius 2 is 1.90 bits per heavy atom. The van der Waals surface area contributed by atoms with E-state index in [1.54, 1.807) is 0 Å². The molecule has 3 nitrogen and oxygen atoms in total. The Hall–Kier alpha value is -1.51. The zero-order valence-electron chi connectivity index (χ0n) is 13.3. The first-order chi connectivity index (χ1) is 9.47. The summed E-state index contributed by atoms with van der Waals surface area (Å²) >= 11 is 0. The van der Waals surface area contributed by atoms with Gasteiger partial charge in [0.05, 0.1) is 7.11 Å². The van der Waals surface area contributed by atoms with Crippen LogP contribution in [0.4, 0.5) is 5.69 Å². The predicted octanol–water partition coefficient (Wildman–Crippen LogP) is 4.16. The number of hydrogen-bond donors (Lipinski definition) is 1. The molecular formula is C17H27NO2. The molecule has 0 aliphatic rings. The molecule has 0 saturated carbocycles. The monoisotopic (exact) mass is 277 g/mol. The van der Waals surface area contributed by atoms with E-state index < -0.39 is 5.54 Å². The van der Waals surface area contributed by atoms with Crippen molar-refractivity contribution in [1.29, 1.82) is 0 Å². The van der Waals surface area contributed by atoms with E-state index in [1.807, 2.05) is 31.2 Å². The number of nitrogens with one attached hydrogen (secondary N) is 1. The molecule has 0 amide bonds. The maximum absolute atomic E-state index is 12.3. The van der Waals surface area contributed by atoms with Crippen molar-refractivity contribution in [2.45, 2.75) is 52.5 Å². The van der Waals surface area contributed by atoms with Gasteiger partial charge in [-0.05, 0) is 37.8 Å². The van der Waals surface area contributed by atoms with Crippen LogP contribution >= 0.6 is 0 Å². The van der Waals surface area contributed by atoms with Gasteiger partial charge >= 0.3 is 5.97 Å². The van der Waals surface area contributed by atoms with E-state index >= 15 is 0 Å². The van der Waals surface area contributed by atoms with Crippen molar-refractivity contribution in [3.05, 3.63) is 29.8 Å². The number of rotatable bonds is 7. The summed E-state index contributed by atoms with van der Waals surface area (Å²) in [6, 6.07) is 8.12. The van der Waals surface area contributed by atoms with Crippen LogP contribution in [0.15, 0.2) is 24.3 Å². The zero-order valence-corrected chi connectivity index (χ0v) is 13.3. The molecule has 0 fully saturated rings. The van der Waals surface area contributed by atoms with Crippen LogP contribution in [0.3, 0.4) is 0 Å². The summed E-state index contributed by atoms with van der Waals surface area (Å²) in [6.07, 6.45) is 2.53. The van der Waals surface area contributed by atoms with Crippen LogP contribution in [0.2, 0.25) is 0 Å². The first-order valence-electron chi connectivity index (χ1n) is 7.40. The van der Waals surface area contributed by atoms with Crippen molar-refractivity contribution >= 4 is 11.7 Å². The van der Waals surface area contributed by atoms with E-state index in [4.69, 9.17) is 4.74 Å². The number of benzene rings is 1. The first-order valence-corrected chi connectivity index (χ1v) is 7.40. The lowest BCUT2D eigenvalue weighted by atomic mass is 9.84. The molecule has 1 rings (SSSR count). The summed E-state index contributed by atoms with van der Waals surface area (Å²) in [4.78, 5) is 12.3. The number of aryl methyl sites for hydroxylation is 1. The van der Waals surface area contributed by atoms with Gasteiger partial charge in [0.25, 0.3) is 0 Å². The molecule has 0 bridgehead atoms. The quantitative estimate of drug-likeness (QED) is 0.760. The fraction of sp³-hybridized carbons (Fsp3) is 0.588. The van der Waals surface area contributed by atoms with Crippen LogP contribution in [-0.4, -0.2) is 18.6 Å². The Morgan fingerprint density at radius 1 is 1.30 bits per heavy atom. The third kappa shape index (κ3) is 3.99. The Morgan fingerprint density at radius 3 is 2.35 bits per heavy atom. The summed E-state index contributed by atoms with van der Waals surface area (Å²) < 4.78 is 5.05. The molecule has 0 radical (unpaired) electrons. The number of esters is 1. The molecule has 0 aromatic heterocycles. The van der Waals surface area contributed by atoms with Crippen molar-refractivity contribution in [2.24, 2.45) is 5.92 Å². The van der Waals surface area contributed by atoms with Gasteiger partial charge in [-0.15, -0.1) is 0 Å². The van der Waals surface area contributed by atoms with Crippen LogP contribution < -0.4 is 5.32 Å². The number of methoxy groups -OCH3 is 1. The summed E-state index contributed by atoms with van der Waals surface area (Å²) in [5.41, 5.74) is 1.53. The number of carbonyl (C=O) groups is 1. The maximum Gasteiger partial charge on any atom is 0.331 e. The third-order valence-corrected chi connectivity index (χ3v) is 4.01. The largest absolute Gasteiger partial charge is 0.467 e. The second-order valence-electron chi connectivity index (χ2n) is 5.64. The Labute approximate surface area is 122 Å². The molecule has 0 saturated heterocycles. The van der Waals surface area contributed by atoms with Gasteiger partial charge in [-0.2, -0.15) is 0 Å². The molecule has 0 heterocycles. The Balaban J connectivity index is 3.02. The number of carbonyl (C=O) groups excluding carboxylic acids is 1. The Kier molecular flexibility index (Phi) is 6.05. The van der Waals surface area contributed by atoms with Gasteiger partial charge in [0.2, 0.25) is 0 Å². The first kappa shape index (κ1) is 16.5. The average Bonchev–Trinajstić information content (AvgIpc) is 2.47. The fourth-order valence-electron chi connectivity index (χ4n) is 2.41. The summed E-state index contributed by atoms with van der Waals surface area (Å²) in [5, 5.41) is 3.41. The minimum Gasteiger partial charge on any atom is -0.467 e. The lowest BCUT2D eigenvalue weighted by Crippen LogP contribution is -2.48. The van der Waals surface area contributed by atoms with Crippen LogP contribution in [-0.2, 0) is 9.53 Å². The highest BCUT2D eigenvalue weighted by molar-refractivity contribution is 5.84. The van der Waals surface area contributed by atoms with E-state index in [9.17, 15) is 4.79 Å². The number of ether oxygens (including phenoxy) is 1. The SMILES string of the molecule is CCC(C)CC(CC)(Nc1ccc(C)cc1)C(=O)OC. The highest BCUT2D eigenvalue weighted by atomic mass is 16.5. The normalized spacial score (nSPS) is 15.2. The van der Waals surface area contributed by atoms with Gasteiger partial charge in [0.1, 0.15) is 5.54 Å². The maximum atomic E-state index is 12.3. The molecule has 0 aliphatic carbocycles. The van der Waals surface area contributed by atoms with Gasteiger partial charge in [-0.3, -0.25) is 0 Å². The van der Waals surface area contributed by atoms with Crippen molar-refractivity contribution in [1.82, 2.24) is 0 Å². The highest BCUT2D eigenvalue weighted by Gasteiger charge is 2.38. The molecule has 0 spiro atoms. The van der Waals surface area contributed by atoms with Crippen molar-refractivity contribution in [3.8, 4) is 0 Å². The second kappa shape index (κ2) is 7.32. The van der Waals surface area contributed by atoms with Gasteiger partial charge in [-0.1, -0.05) is 44.9 Å². The van der Waals surface area contributed by atoms with Gasteiger partial charge in [-0.25, -0.2) is 4.79 Å². The van der Waals surface area contributed by atoms with Gasteiger partial charge in [0, 0.05) is 5.69 Å². The average molecular weight is 277 g/mol. The van der Waals surface area contributed by atoms with Crippen molar-refractivity contribution in [2.75, 3.05) is 12.4 Å². The summed E-state index contributed by atoms with van der Waals surface area (Å²) in [6.45, 7) is 8.40. The lowest BCUT2D eigenvalue weighted by Gasteiger charge is -2.34. The van der Waals surface area contributed by atoms with E-state index in [0.29, 0.717) is 12.3 Å². The minimum atomic E-state index is -0.639. The molecule has 2 atom stereocenters. The van der Waals surface area contributed by atoms with Crippen LogP contribution in [0.5, 0.6) is 0 Å². The van der Waals surface area contributed by atoms with E-state index in [1.165, 1.54) is 12.7 Å². The summed E-state index contributed by atoms with van der Waals surface area (Å²) in [5.74, 6) is 0.285. The predicted molar refractivity (Wildman–Crippen MR) is 83.9 cm³/mol. The molecule has 1 aromatic carbocycles. The van der Waals surface area contributed by atoms with E-state index in [0.717, 1.165) is 18.5 Å². The molecule has 2 unspecified atom stereocenters.